The molecule has 0 heterocycles. The molecular formula is C12H24O2S. The Bertz CT molecular complexity index is 192. The van der Waals surface area contributed by atoms with Crippen LogP contribution in [-0.4, -0.2) is 30.5 Å². The van der Waals surface area contributed by atoms with Crippen molar-refractivity contribution < 1.29 is 9.53 Å². The Kier molecular flexibility index (Phi) is 6.53. The molecule has 0 aromatic heterocycles. The SMILES string of the molecule is CC[C@@H](SC)[C@@H](CC(=O)C(C)(C)C)OC. The Hall–Kier alpha value is -0.0200. The second-order valence-corrected chi connectivity index (χ2v) is 5.91. The van der Waals surface area contributed by atoms with Crippen LogP contribution in [0.3, 0.4) is 0 Å². The highest BCUT2D eigenvalue weighted by atomic mass is 32.2. The second-order valence-electron chi connectivity index (χ2n) is 4.83. The van der Waals surface area contributed by atoms with Gasteiger partial charge >= 0.3 is 0 Å². The minimum absolute atomic E-state index is 0.0525. The Morgan fingerprint density at radius 1 is 1.40 bits per heavy atom. The van der Waals surface area contributed by atoms with E-state index in [2.05, 4.69) is 13.2 Å². The molecule has 0 N–H and O–H groups in total. The van der Waals surface area contributed by atoms with Crippen molar-refractivity contribution in [3.05, 3.63) is 0 Å². The molecule has 15 heavy (non-hydrogen) atoms. The Labute approximate surface area is 98.2 Å². The zero-order valence-electron chi connectivity index (χ0n) is 10.8. The summed E-state index contributed by atoms with van der Waals surface area (Å²) in [4.78, 5) is 11.9. The standard InChI is InChI=1S/C12H24O2S/c1-7-10(15-6)9(14-5)8-11(13)12(2,3)4/h9-10H,7-8H2,1-6H3/t9-,10-/m1/s1. The maximum Gasteiger partial charge on any atom is 0.140 e. The van der Waals surface area contributed by atoms with Crippen molar-refractivity contribution in [3.63, 3.8) is 0 Å². The molecule has 0 rings (SSSR count). The highest BCUT2D eigenvalue weighted by molar-refractivity contribution is 7.99. The molecule has 0 aliphatic rings. The van der Waals surface area contributed by atoms with Gasteiger partial charge < -0.3 is 4.74 Å². The molecule has 0 aliphatic carbocycles. The summed E-state index contributed by atoms with van der Waals surface area (Å²) in [5.41, 5.74) is -0.256. The van der Waals surface area contributed by atoms with E-state index in [4.69, 9.17) is 4.74 Å². The second kappa shape index (κ2) is 6.54. The van der Waals surface area contributed by atoms with Crippen molar-refractivity contribution in [2.45, 2.75) is 51.9 Å². The predicted molar refractivity (Wildman–Crippen MR) is 67.5 cm³/mol. The summed E-state index contributed by atoms with van der Waals surface area (Å²) in [6.07, 6.45) is 3.69. The number of Topliss-reactive ketones (excluding diaryl/α,β-unsaturated/α-hetero) is 1. The summed E-state index contributed by atoms with van der Waals surface area (Å²) in [7, 11) is 1.69. The molecule has 90 valence electrons. The van der Waals surface area contributed by atoms with Gasteiger partial charge in [0, 0.05) is 24.2 Å². The van der Waals surface area contributed by atoms with Crippen LogP contribution in [0.5, 0.6) is 0 Å². The van der Waals surface area contributed by atoms with Crippen LogP contribution in [0.4, 0.5) is 0 Å². The normalized spacial score (nSPS) is 16.1. The molecule has 0 bridgehead atoms. The maximum atomic E-state index is 11.9. The van der Waals surface area contributed by atoms with E-state index in [1.54, 1.807) is 18.9 Å². The highest BCUT2D eigenvalue weighted by Gasteiger charge is 2.28. The molecule has 0 spiro atoms. The van der Waals surface area contributed by atoms with Crippen LogP contribution in [0, 0.1) is 5.41 Å². The third-order valence-electron chi connectivity index (χ3n) is 2.65. The molecule has 2 atom stereocenters. The van der Waals surface area contributed by atoms with Crippen LogP contribution in [0.15, 0.2) is 0 Å². The smallest absolute Gasteiger partial charge is 0.140 e. The first-order chi connectivity index (χ1) is 6.86. The number of ether oxygens (including phenoxy) is 1. The van der Waals surface area contributed by atoms with Crippen molar-refractivity contribution >= 4 is 17.5 Å². The van der Waals surface area contributed by atoms with Crippen LogP contribution in [0.2, 0.25) is 0 Å². The van der Waals surface area contributed by atoms with Gasteiger partial charge in [0.2, 0.25) is 0 Å². The molecule has 0 aromatic rings. The average Bonchev–Trinajstić information content (AvgIpc) is 2.16. The van der Waals surface area contributed by atoms with Crippen molar-refractivity contribution in [2.75, 3.05) is 13.4 Å². The number of hydrogen-bond donors (Lipinski definition) is 0. The Balaban J connectivity index is 4.39. The van der Waals surface area contributed by atoms with E-state index in [1.807, 2.05) is 20.8 Å². The van der Waals surface area contributed by atoms with Gasteiger partial charge in [0.05, 0.1) is 6.10 Å². The molecule has 3 heteroatoms. The van der Waals surface area contributed by atoms with Gasteiger partial charge in [0.15, 0.2) is 0 Å². The van der Waals surface area contributed by atoms with Gasteiger partial charge in [-0.25, -0.2) is 0 Å². The highest BCUT2D eigenvalue weighted by Crippen LogP contribution is 2.24. The van der Waals surface area contributed by atoms with Crippen LogP contribution < -0.4 is 0 Å². The van der Waals surface area contributed by atoms with Crippen molar-refractivity contribution in [1.29, 1.82) is 0 Å². The van der Waals surface area contributed by atoms with Gasteiger partial charge in [-0.3, -0.25) is 4.79 Å². The number of carbonyl (C=O) groups is 1. The molecule has 0 radical (unpaired) electrons. The van der Waals surface area contributed by atoms with E-state index >= 15 is 0 Å². The zero-order valence-corrected chi connectivity index (χ0v) is 11.6. The molecule has 2 nitrogen and oxygen atoms in total. The van der Waals surface area contributed by atoms with Crippen molar-refractivity contribution in [2.24, 2.45) is 5.41 Å². The fraction of sp³-hybridized carbons (Fsp3) is 0.917. The lowest BCUT2D eigenvalue weighted by molar-refractivity contribution is -0.128. The number of carbonyl (C=O) groups excluding carboxylic acids is 1. The molecule has 0 aliphatic heterocycles. The van der Waals surface area contributed by atoms with E-state index in [9.17, 15) is 4.79 Å². The Morgan fingerprint density at radius 2 is 1.93 bits per heavy atom. The summed E-state index contributed by atoms with van der Waals surface area (Å²) >= 11 is 1.78. The first-order valence-corrected chi connectivity index (χ1v) is 6.74. The maximum absolute atomic E-state index is 11.9. The summed E-state index contributed by atoms with van der Waals surface area (Å²) in [5, 5.41) is 0.418. The lowest BCUT2D eigenvalue weighted by Gasteiger charge is -2.26. The first kappa shape index (κ1) is 15.0. The van der Waals surface area contributed by atoms with E-state index in [1.165, 1.54) is 0 Å². The van der Waals surface area contributed by atoms with E-state index in [0.717, 1.165) is 6.42 Å². The topological polar surface area (TPSA) is 26.3 Å². The molecule has 0 unspecified atom stereocenters. The third-order valence-corrected chi connectivity index (χ3v) is 3.89. The first-order valence-electron chi connectivity index (χ1n) is 5.45. The zero-order chi connectivity index (χ0) is 12.1. The van der Waals surface area contributed by atoms with E-state index in [0.29, 0.717) is 11.7 Å². The molecule has 0 saturated heterocycles. The lowest BCUT2D eigenvalue weighted by Crippen LogP contribution is -2.32. The minimum Gasteiger partial charge on any atom is -0.380 e. The van der Waals surface area contributed by atoms with Gasteiger partial charge in [0.1, 0.15) is 5.78 Å². The van der Waals surface area contributed by atoms with Crippen LogP contribution in [0.1, 0.15) is 40.5 Å². The average molecular weight is 232 g/mol. The van der Waals surface area contributed by atoms with Gasteiger partial charge in [-0.05, 0) is 12.7 Å². The monoisotopic (exact) mass is 232 g/mol. The summed E-state index contributed by atoms with van der Waals surface area (Å²) in [6.45, 7) is 8.01. The van der Waals surface area contributed by atoms with Gasteiger partial charge in [-0.2, -0.15) is 11.8 Å². The molecule has 0 amide bonds. The Morgan fingerprint density at radius 3 is 2.20 bits per heavy atom. The fourth-order valence-electron chi connectivity index (χ4n) is 1.44. The minimum atomic E-state index is -0.256. The summed E-state index contributed by atoms with van der Waals surface area (Å²) in [5.74, 6) is 0.279. The summed E-state index contributed by atoms with van der Waals surface area (Å²) in [6, 6.07) is 0. The predicted octanol–water partition coefficient (Wildman–Crippen LogP) is 3.15. The molecule has 0 fully saturated rings. The van der Waals surface area contributed by atoms with E-state index < -0.39 is 0 Å². The fourth-order valence-corrected chi connectivity index (χ4v) is 2.28. The number of ketones is 1. The molecular weight excluding hydrogens is 208 g/mol. The third kappa shape index (κ3) is 5.03. The van der Waals surface area contributed by atoms with Gasteiger partial charge in [-0.1, -0.05) is 27.7 Å². The molecule has 0 saturated carbocycles. The molecule has 0 aromatic carbocycles. The number of methoxy groups -OCH3 is 1. The van der Waals surface area contributed by atoms with Crippen molar-refractivity contribution in [1.82, 2.24) is 0 Å². The summed E-state index contributed by atoms with van der Waals surface area (Å²) < 4.78 is 5.42. The van der Waals surface area contributed by atoms with Crippen LogP contribution in [-0.2, 0) is 9.53 Å². The van der Waals surface area contributed by atoms with Gasteiger partial charge in [0.25, 0.3) is 0 Å². The van der Waals surface area contributed by atoms with Crippen LogP contribution in [0.25, 0.3) is 0 Å². The van der Waals surface area contributed by atoms with Crippen LogP contribution >= 0.6 is 11.8 Å². The number of hydrogen-bond acceptors (Lipinski definition) is 3. The quantitative estimate of drug-likeness (QED) is 0.703. The van der Waals surface area contributed by atoms with E-state index in [-0.39, 0.29) is 17.3 Å². The van der Waals surface area contributed by atoms with Gasteiger partial charge in [-0.15, -0.1) is 0 Å². The number of thioether (sulfide) groups is 1. The lowest BCUT2D eigenvalue weighted by atomic mass is 9.87. The number of rotatable bonds is 6. The van der Waals surface area contributed by atoms with Crippen molar-refractivity contribution in [3.8, 4) is 0 Å². The largest absolute Gasteiger partial charge is 0.380 e.